The van der Waals surface area contributed by atoms with Crippen LogP contribution in [0.2, 0.25) is 0 Å². The monoisotopic (exact) mass is 119 g/mol. The van der Waals surface area contributed by atoms with Crippen LogP contribution in [-0.2, 0) is 4.79 Å². The van der Waals surface area contributed by atoms with Crippen LogP contribution in [0.25, 0.3) is 0 Å². The third-order valence-electron chi connectivity index (χ3n) is 0.907. The summed E-state index contributed by atoms with van der Waals surface area (Å²) in [6.45, 7) is 0.521. The summed E-state index contributed by atoms with van der Waals surface area (Å²) in [5.41, 5.74) is 0. The lowest BCUT2D eigenvalue weighted by Gasteiger charge is -1.98. The van der Waals surface area contributed by atoms with Crippen LogP contribution in [0.4, 0.5) is 0 Å². The van der Waals surface area contributed by atoms with Gasteiger partial charge in [0.25, 0.3) is 0 Å². The van der Waals surface area contributed by atoms with Gasteiger partial charge >= 0.3 is 0 Å². The van der Waals surface area contributed by atoms with E-state index in [1.54, 1.807) is 13.8 Å². The Hall–Kier alpha value is -0.330. The molecule has 8 heavy (non-hydrogen) atoms. The van der Waals surface area contributed by atoms with Gasteiger partial charge in [-0.05, 0) is 6.37 Å². The predicted molar refractivity (Wildman–Crippen MR) is 34.8 cm³/mol. The summed E-state index contributed by atoms with van der Waals surface area (Å²) >= 11 is 0. The molecule has 0 bridgehead atoms. The van der Waals surface area contributed by atoms with Gasteiger partial charge in [-0.3, -0.25) is 4.79 Å². The molecule has 0 aliphatic heterocycles. The molecule has 0 saturated heterocycles. The van der Waals surface area contributed by atoms with Crippen molar-refractivity contribution in [2.75, 3.05) is 0 Å². The van der Waals surface area contributed by atoms with Crippen molar-refractivity contribution in [3.8, 4) is 0 Å². The molecule has 0 N–H and O–H groups in total. The third-order valence-corrected chi connectivity index (χ3v) is 0.907. The number of hydrogen-bond donors (Lipinski definition) is 0. The molecule has 0 aromatic rings. The summed E-state index contributed by atoms with van der Waals surface area (Å²) in [5, 5.41) is 0. The Balaban J connectivity index is 4.44. The molecule has 0 amide bonds. The van der Waals surface area contributed by atoms with Gasteiger partial charge in [0, 0.05) is 19.2 Å². The first-order valence-corrected chi connectivity index (χ1v) is 2.60. The average Bonchev–Trinajstić information content (AvgIpc) is 1.83. The van der Waals surface area contributed by atoms with Crippen molar-refractivity contribution in [3.05, 3.63) is 0 Å². The molecule has 0 saturated carbocycles. The number of Topliss-reactive ketones (excluding diaryl/α,β-unsaturated/α-hetero) is 1. The normalized spacial score (nSPS) is 22.6. The smallest absolute Gasteiger partial charge is 0.135 e. The van der Waals surface area contributed by atoms with Crippen molar-refractivity contribution in [2.45, 2.75) is 33.5 Å². The van der Waals surface area contributed by atoms with Gasteiger partial charge < -0.3 is 0 Å². The molecule has 0 atom stereocenters. The zero-order valence-corrected chi connectivity index (χ0v) is 5.19. The van der Waals surface area contributed by atoms with Crippen molar-refractivity contribution in [1.82, 2.24) is 0 Å². The molecular formula is C7H14O. The number of ketones is 1. The van der Waals surface area contributed by atoms with Gasteiger partial charge in [-0.15, -0.1) is 0 Å². The van der Waals surface area contributed by atoms with E-state index in [4.69, 9.17) is 6.85 Å². The zero-order valence-electron chi connectivity index (χ0n) is 10.2. The van der Waals surface area contributed by atoms with Crippen molar-refractivity contribution in [2.24, 2.45) is 5.92 Å². The standard InChI is InChI=1S/C7H14O/c1-4-5-7(8)6(2)3/h6H,4-5H2,1-3H3/i1D3,4D2. The Morgan fingerprint density at radius 3 is 2.88 bits per heavy atom. The second-order valence-electron chi connectivity index (χ2n) is 1.97. The number of carbonyl (C=O) groups excluding carboxylic acids is 1. The number of carbonyl (C=O) groups is 1. The van der Waals surface area contributed by atoms with E-state index in [-0.39, 0.29) is 11.7 Å². The maximum atomic E-state index is 11.1. The summed E-state index contributed by atoms with van der Waals surface area (Å²) < 4.78 is 35.0. The maximum absolute atomic E-state index is 11.1. The Kier molecular flexibility index (Phi) is 1.14. The molecule has 0 spiro atoms. The van der Waals surface area contributed by atoms with Crippen LogP contribution in [0.5, 0.6) is 0 Å². The average molecular weight is 119 g/mol. The second-order valence-corrected chi connectivity index (χ2v) is 1.97. The third kappa shape index (κ3) is 2.78. The Bertz CT molecular complexity index is 194. The Morgan fingerprint density at radius 2 is 2.50 bits per heavy atom. The highest BCUT2D eigenvalue weighted by atomic mass is 16.1. The van der Waals surface area contributed by atoms with Gasteiger partial charge in [0.2, 0.25) is 0 Å². The zero-order chi connectivity index (χ0) is 10.9. The highest BCUT2D eigenvalue weighted by Gasteiger charge is 2.03. The molecule has 0 aromatic heterocycles. The Morgan fingerprint density at radius 1 is 1.88 bits per heavy atom. The minimum atomic E-state index is -2.72. The lowest BCUT2D eigenvalue weighted by atomic mass is 10.1. The summed E-state index contributed by atoms with van der Waals surface area (Å²) in [5.74, 6) is -0.682. The van der Waals surface area contributed by atoms with Crippen LogP contribution in [0.1, 0.15) is 40.3 Å². The van der Waals surface area contributed by atoms with Crippen LogP contribution < -0.4 is 0 Å². The molecule has 0 heterocycles. The van der Waals surface area contributed by atoms with Gasteiger partial charge in [0.15, 0.2) is 0 Å². The fourth-order valence-electron chi connectivity index (χ4n) is 0.291. The Labute approximate surface area is 58.1 Å². The molecule has 1 heteroatoms. The topological polar surface area (TPSA) is 17.1 Å². The van der Waals surface area contributed by atoms with Crippen LogP contribution in [0, 0.1) is 5.92 Å². The van der Waals surface area contributed by atoms with Gasteiger partial charge in [0.05, 0.1) is 0 Å². The first-order valence-electron chi connectivity index (χ1n) is 5.10. The molecule has 0 rings (SSSR count). The van der Waals surface area contributed by atoms with E-state index in [2.05, 4.69) is 0 Å². The minimum Gasteiger partial charge on any atom is -0.299 e. The van der Waals surface area contributed by atoms with E-state index in [0.29, 0.717) is 0 Å². The molecule has 0 unspecified atom stereocenters. The molecule has 48 valence electrons. The van der Waals surface area contributed by atoms with Crippen molar-refractivity contribution in [1.29, 1.82) is 0 Å². The summed E-state index contributed by atoms with van der Waals surface area (Å²) in [6.07, 6.45) is -2.95. The van der Waals surface area contributed by atoms with Crippen LogP contribution in [0.15, 0.2) is 0 Å². The number of rotatable bonds is 3. The lowest BCUT2D eigenvalue weighted by molar-refractivity contribution is -0.121. The fourth-order valence-corrected chi connectivity index (χ4v) is 0.291. The largest absolute Gasteiger partial charge is 0.299 e. The van der Waals surface area contributed by atoms with Gasteiger partial charge in [-0.2, -0.15) is 0 Å². The van der Waals surface area contributed by atoms with E-state index in [1.165, 1.54) is 0 Å². The molecule has 0 radical (unpaired) electrons. The van der Waals surface area contributed by atoms with E-state index in [0.717, 1.165) is 0 Å². The number of hydrogen-bond acceptors (Lipinski definition) is 1. The van der Waals surface area contributed by atoms with Crippen molar-refractivity contribution >= 4 is 5.78 Å². The molecule has 0 aliphatic rings. The SMILES string of the molecule is [2H]C([2H])([2H])C([2H])([2H])CC(=O)C(C)C. The van der Waals surface area contributed by atoms with E-state index in [9.17, 15) is 4.79 Å². The lowest BCUT2D eigenvalue weighted by Crippen LogP contribution is -2.04. The maximum Gasteiger partial charge on any atom is 0.135 e. The summed E-state index contributed by atoms with van der Waals surface area (Å²) in [7, 11) is 0. The van der Waals surface area contributed by atoms with Gasteiger partial charge in [0.1, 0.15) is 5.78 Å². The second kappa shape index (κ2) is 3.65. The minimum absolute atomic E-state index is 0.322. The van der Waals surface area contributed by atoms with Gasteiger partial charge in [-0.25, -0.2) is 0 Å². The first kappa shape index (κ1) is 2.51. The molecule has 1 nitrogen and oxygen atoms in total. The summed E-state index contributed by atoms with van der Waals surface area (Å²) in [6, 6.07) is 0. The molecule has 0 aromatic carbocycles. The quantitative estimate of drug-likeness (QED) is 0.555. The molecule has 0 aliphatic carbocycles. The van der Waals surface area contributed by atoms with Crippen LogP contribution in [0.3, 0.4) is 0 Å². The van der Waals surface area contributed by atoms with E-state index < -0.39 is 19.6 Å². The molecular weight excluding hydrogens is 100 g/mol. The highest BCUT2D eigenvalue weighted by Crippen LogP contribution is 1.99. The fraction of sp³-hybridized carbons (Fsp3) is 0.857. The van der Waals surface area contributed by atoms with Crippen molar-refractivity contribution in [3.63, 3.8) is 0 Å². The predicted octanol–water partition coefficient (Wildman–Crippen LogP) is 2.01. The first-order chi connectivity index (χ1) is 5.58. The van der Waals surface area contributed by atoms with Crippen molar-refractivity contribution < 1.29 is 11.6 Å². The molecule has 0 fully saturated rings. The van der Waals surface area contributed by atoms with E-state index >= 15 is 0 Å². The highest BCUT2D eigenvalue weighted by molar-refractivity contribution is 5.80. The summed E-state index contributed by atoms with van der Waals surface area (Å²) in [4.78, 5) is 11.1. The van der Waals surface area contributed by atoms with Crippen LogP contribution in [-0.4, -0.2) is 5.78 Å². The van der Waals surface area contributed by atoms with Crippen LogP contribution >= 0.6 is 0 Å². The van der Waals surface area contributed by atoms with E-state index in [1.807, 2.05) is 0 Å². The van der Waals surface area contributed by atoms with Gasteiger partial charge in [-0.1, -0.05) is 20.7 Å².